The fraction of sp³-hybridized carbons (Fsp3) is 0.727. The number of anilines is 1. The van der Waals surface area contributed by atoms with E-state index in [2.05, 4.69) is 22.2 Å². The van der Waals surface area contributed by atoms with Gasteiger partial charge in [0.2, 0.25) is 0 Å². The summed E-state index contributed by atoms with van der Waals surface area (Å²) in [6.07, 6.45) is 5.27. The van der Waals surface area contributed by atoms with Crippen molar-refractivity contribution in [2.45, 2.75) is 13.0 Å². The van der Waals surface area contributed by atoms with E-state index < -0.39 is 0 Å². The number of nitrogens with one attached hydrogen (secondary N) is 1. The van der Waals surface area contributed by atoms with Crippen LogP contribution < -0.4 is 5.32 Å². The molecule has 2 rings (SSSR count). The van der Waals surface area contributed by atoms with Crippen molar-refractivity contribution in [2.24, 2.45) is 5.92 Å². The molecule has 0 spiro atoms. The third-order valence-electron chi connectivity index (χ3n) is 2.78. The van der Waals surface area contributed by atoms with Gasteiger partial charge in [0.05, 0.1) is 25.0 Å². The predicted molar refractivity (Wildman–Crippen MR) is 68.0 cm³/mol. The van der Waals surface area contributed by atoms with Crippen molar-refractivity contribution in [1.82, 2.24) is 9.78 Å². The minimum Gasteiger partial charge on any atom is -0.383 e. The van der Waals surface area contributed by atoms with Crippen molar-refractivity contribution in [3.05, 3.63) is 12.4 Å². The van der Waals surface area contributed by atoms with Gasteiger partial charge in [-0.05, 0) is 23.8 Å². The second kappa shape index (κ2) is 6.15. The van der Waals surface area contributed by atoms with E-state index in [9.17, 15) is 0 Å². The zero-order valence-electron chi connectivity index (χ0n) is 9.69. The average Bonchev–Trinajstić information content (AvgIpc) is 2.95. The van der Waals surface area contributed by atoms with E-state index in [1.165, 1.54) is 17.9 Å². The highest BCUT2D eigenvalue weighted by Crippen LogP contribution is 2.23. The van der Waals surface area contributed by atoms with Crippen LogP contribution in [0.3, 0.4) is 0 Å². The van der Waals surface area contributed by atoms with E-state index in [4.69, 9.17) is 4.74 Å². The molecular weight excluding hydrogens is 222 g/mol. The van der Waals surface area contributed by atoms with Crippen LogP contribution in [-0.2, 0) is 11.3 Å². The van der Waals surface area contributed by atoms with Gasteiger partial charge in [-0.2, -0.15) is 16.9 Å². The summed E-state index contributed by atoms with van der Waals surface area (Å²) < 4.78 is 6.92. The van der Waals surface area contributed by atoms with Crippen molar-refractivity contribution >= 4 is 17.4 Å². The molecule has 1 aromatic rings. The predicted octanol–water partition coefficient (Wildman–Crippen LogP) is 1.69. The lowest BCUT2D eigenvalue weighted by Crippen LogP contribution is -2.13. The van der Waals surface area contributed by atoms with E-state index in [1.54, 1.807) is 7.11 Å². The topological polar surface area (TPSA) is 39.1 Å². The molecule has 5 heteroatoms. The SMILES string of the molecule is COCCn1cc(NCC2CCSC2)cn1. The quantitative estimate of drug-likeness (QED) is 0.822. The fourth-order valence-electron chi connectivity index (χ4n) is 1.77. The maximum Gasteiger partial charge on any atom is 0.0726 e. The Labute approximate surface area is 101 Å². The summed E-state index contributed by atoms with van der Waals surface area (Å²) in [7, 11) is 1.71. The molecular formula is C11H19N3OS. The Morgan fingerprint density at radius 3 is 3.38 bits per heavy atom. The second-order valence-corrected chi connectivity index (χ2v) is 5.25. The second-order valence-electron chi connectivity index (χ2n) is 4.10. The first kappa shape index (κ1) is 11.8. The van der Waals surface area contributed by atoms with Crippen LogP contribution in [-0.4, -0.2) is 41.5 Å². The molecule has 1 N–H and O–H groups in total. The summed E-state index contributed by atoms with van der Waals surface area (Å²) in [5, 5.41) is 7.71. The Morgan fingerprint density at radius 2 is 2.62 bits per heavy atom. The Morgan fingerprint density at radius 1 is 1.69 bits per heavy atom. The van der Waals surface area contributed by atoms with Crippen LogP contribution in [0.2, 0.25) is 0 Å². The zero-order chi connectivity index (χ0) is 11.2. The molecule has 1 unspecified atom stereocenters. The zero-order valence-corrected chi connectivity index (χ0v) is 10.5. The van der Waals surface area contributed by atoms with Gasteiger partial charge in [-0.25, -0.2) is 0 Å². The number of thioether (sulfide) groups is 1. The van der Waals surface area contributed by atoms with Crippen LogP contribution in [0.25, 0.3) is 0 Å². The van der Waals surface area contributed by atoms with Gasteiger partial charge < -0.3 is 10.1 Å². The van der Waals surface area contributed by atoms with E-state index in [0.717, 1.165) is 24.7 Å². The van der Waals surface area contributed by atoms with Gasteiger partial charge in [0.25, 0.3) is 0 Å². The van der Waals surface area contributed by atoms with Crippen LogP contribution >= 0.6 is 11.8 Å². The number of hydrogen-bond donors (Lipinski definition) is 1. The number of methoxy groups -OCH3 is 1. The first-order chi connectivity index (χ1) is 7.88. The molecule has 0 aromatic carbocycles. The highest BCUT2D eigenvalue weighted by molar-refractivity contribution is 7.99. The third-order valence-corrected chi connectivity index (χ3v) is 4.01. The smallest absolute Gasteiger partial charge is 0.0726 e. The molecule has 0 amide bonds. The first-order valence-electron chi connectivity index (χ1n) is 5.71. The monoisotopic (exact) mass is 241 g/mol. The van der Waals surface area contributed by atoms with E-state index in [0.29, 0.717) is 6.61 Å². The molecule has 1 atom stereocenters. The van der Waals surface area contributed by atoms with Gasteiger partial charge >= 0.3 is 0 Å². The Balaban J connectivity index is 1.73. The molecule has 0 bridgehead atoms. The summed E-state index contributed by atoms with van der Waals surface area (Å²) in [5.41, 5.74) is 1.12. The molecule has 0 aliphatic carbocycles. The molecule has 1 aromatic heterocycles. The van der Waals surface area contributed by atoms with Gasteiger partial charge in [-0.3, -0.25) is 4.68 Å². The lowest BCUT2D eigenvalue weighted by molar-refractivity contribution is 0.183. The number of nitrogens with zero attached hydrogens (tertiary/aromatic N) is 2. The van der Waals surface area contributed by atoms with Crippen LogP contribution in [0.15, 0.2) is 12.4 Å². The number of ether oxygens (including phenoxy) is 1. The molecule has 1 aliphatic heterocycles. The molecule has 2 heterocycles. The molecule has 90 valence electrons. The highest BCUT2D eigenvalue weighted by Gasteiger charge is 2.14. The standard InChI is InChI=1S/C11H19N3OS/c1-15-4-3-14-8-11(7-13-14)12-6-10-2-5-16-9-10/h7-8,10,12H,2-6,9H2,1H3. The lowest BCUT2D eigenvalue weighted by atomic mass is 10.1. The summed E-state index contributed by atoms with van der Waals surface area (Å²) in [6, 6.07) is 0. The van der Waals surface area contributed by atoms with Crippen LogP contribution in [0.5, 0.6) is 0 Å². The molecule has 0 radical (unpaired) electrons. The molecule has 0 saturated carbocycles. The van der Waals surface area contributed by atoms with Crippen molar-refractivity contribution < 1.29 is 4.74 Å². The normalized spacial score (nSPS) is 20.2. The number of rotatable bonds is 6. The van der Waals surface area contributed by atoms with Crippen molar-refractivity contribution in [3.63, 3.8) is 0 Å². The minimum atomic E-state index is 0.709. The molecule has 4 nitrogen and oxygen atoms in total. The summed E-state index contributed by atoms with van der Waals surface area (Å²) in [6.45, 7) is 2.60. The van der Waals surface area contributed by atoms with Gasteiger partial charge in [0.15, 0.2) is 0 Å². The highest BCUT2D eigenvalue weighted by atomic mass is 32.2. The van der Waals surface area contributed by atoms with E-state index in [1.807, 2.05) is 17.1 Å². The maximum atomic E-state index is 5.01. The van der Waals surface area contributed by atoms with Gasteiger partial charge in [-0.15, -0.1) is 0 Å². The van der Waals surface area contributed by atoms with Gasteiger partial charge in [-0.1, -0.05) is 0 Å². The maximum absolute atomic E-state index is 5.01. The van der Waals surface area contributed by atoms with Crippen LogP contribution in [0.4, 0.5) is 5.69 Å². The summed E-state index contributed by atoms with van der Waals surface area (Å²) in [4.78, 5) is 0. The van der Waals surface area contributed by atoms with Crippen molar-refractivity contribution in [1.29, 1.82) is 0 Å². The number of hydrogen-bond acceptors (Lipinski definition) is 4. The van der Waals surface area contributed by atoms with E-state index in [-0.39, 0.29) is 0 Å². The number of aromatic nitrogens is 2. The molecule has 1 fully saturated rings. The fourth-order valence-corrected chi connectivity index (χ4v) is 3.05. The largest absolute Gasteiger partial charge is 0.383 e. The first-order valence-corrected chi connectivity index (χ1v) is 6.87. The van der Waals surface area contributed by atoms with Gasteiger partial charge in [0.1, 0.15) is 0 Å². The third kappa shape index (κ3) is 3.42. The summed E-state index contributed by atoms with van der Waals surface area (Å²) >= 11 is 2.06. The van der Waals surface area contributed by atoms with Crippen LogP contribution in [0.1, 0.15) is 6.42 Å². The Bertz CT molecular complexity index is 310. The summed E-state index contributed by atoms with van der Waals surface area (Å²) in [5.74, 6) is 3.44. The molecule has 1 aliphatic rings. The average molecular weight is 241 g/mol. The molecule has 16 heavy (non-hydrogen) atoms. The van der Waals surface area contributed by atoms with Crippen molar-refractivity contribution in [3.8, 4) is 0 Å². The lowest BCUT2D eigenvalue weighted by Gasteiger charge is -2.08. The van der Waals surface area contributed by atoms with Gasteiger partial charge in [0, 0.05) is 19.9 Å². The minimum absolute atomic E-state index is 0.709. The van der Waals surface area contributed by atoms with Crippen LogP contribution in [0, 0.1) is 5.92 Å². The van der Waals surface area contributed by atoms with Crippen molar-refractivity contribution in [2.75, 3.05) is 37.1 Å². The Kier molecular flexibility index (Phi) is 4.54. The molecule has 1 saturated heterocycles. The van der Waals surface area contributed by atoms with E-state index >= 15 is 0 Å². The Hall–Kier alpha value is -0.680.